The maximum atomic E-state index is 12.4. The number of nitrogens with one attached hydrogen (secondary N) is 1. The molecule has 0 bridgehead atoms. The maximum absolute atomic E-state index is 12.4. The van der Waals surface area contributed by atoms with Crippen molar-refractivity contribution in [2.75, 3.05) is 6.54 Å². The molecule has 5 nitrogen and oxygen atoms in total. The van der Waals surface area contributed by atoms with Gasteiger partial charge in [-0.15, -0.1) is 16.2 Å². The molecular weight excluding hydrogens is 346 g/mol. The zero-order chi connectivity index (χ0) is 18.5. The highest BCUT2D eigenvalue weighted by Gasteiger charge is 2.14. The van der Waals surface area contributed by atoms with Crippen molar-refractivity contribution in [3.63, 3.8) is 0 Å². The van der Waals surface area contributed by atoms with E-state index in [2.05, 4.69) is 22.5 Å². The molecule has 0 aliphatic heterocycles. The van der Waals surface area contributed by atoms with Gasteiger partial charge in [-0.3, -0.25) is 4.79 Å². The number of aromatic nitrogens is 1. The van der Waals surface area contributed by atoms with E-state index in [0.29, 0.717) is 11.6 Å². The van der Waals surface area contributed by atoms with Gasteiger partial charge in [-0.2, -0.15) is 0 Å². The summed E-state index contributed by atoms with van der Waals surface area (Å²) in [5.74, 6) is 0.575. The fourth-order valence-corrected chi connectivity index (χ4v) is 4.59. The molecule has 138 valence electrons. The number of H-pyrrole nitrogens is 1. The molecule has 1 atom stereocenters. The molecule has 3 aromatic rings. The van der Waals surface area contributed by atoms with Gasteiger partial charge in [-0.1, -0.05) is 19.8 Å². The highest BCUT2D eigenvalue weighted by molar-refractivity contribution is 7.17. The van der Waals surface area contributed by atoms with Crippen molar-refractivity contribution in [1.82, 2.24) is 4.98 Å². The third-order valence-electron chi connectivity index (χ3n) is 5.06. The first kappa shape index (κ1) is 18.7. The molecule has 2 aromatic heterocycles. The fraction of sp³-hybridized carbons (Fsp3) is 0.450. The van der Waals surface area contributed by atoms with E-state index in [1.807, 2.05) is 0 Å². The zero-order valence-electron chi connectivity index (χ0n) is 15.1. The number of hydrogen-bond donors (Lipinski definition) is 2. The van der Waals surface area contributed by atoms with Crippen LogP contribution in [0.1, 0.15) is 44.6 Å². The molecule has 0 saturated carbocycles. The molecule has 3 N–H and O–H groups in total. The molecule has 26 heavy (non-hydrogen) atoms. The lowest BCUT2D eigenvalue weighted by atomic mass is 9.94. The summed E-state index contributed by atoms with van der Waals surface area (Å²) in [6.07, 6.45) is 6.69. The first-order valence-corrected chi connectivity index (χ1v) is 10.2. The van der Waals surface area contributed by atoms with E-state index in [4.69, 9.17) is 5.73 Å². The van der Waals surface area contributed by atoms with Crippen LogP contribution >= 0.6 is 11.3 Å². The summed E-state index contributed by atoms with van der Waals surface area (Å²) < 4.78 is 0.719. The van der Waals surface area contributed by atoms with E-state index in [1.54, 1.807) is 18.2 Å². The Hall–Kier alpha value is -2.05. The summed E-state index contributed by atoms with van der Waals surface area (Å²) in [7, 11) is 0. The molecule has 0 aliphatic carbocycles. The van der Waals surface area contributed by atoms with Gasteiger partial charge >= 0.3 is 0 Å². The van der Waals surface area contributed by atoms with Gasteiger partial charge in [-0.05, 0) is 72.5 Å². The zero-order valence-corrected chi connectivity index (χ0v) is 15.9. The van der Waals surface area contributed by atoms with Crippen LogP contribution in [0.2, 0.25) is 0 Å². The van der Waals surface area contributed by atoms with Gasteiger partial charge in [0.15, 0.2) is 0 Å². The molecule has 2 heterocycles. The number of fused-ring (bicyclic) bond motifs is 3. The lowest BCUT2D eigenvalue weighted by Crippen LogP contribution is -2.14. The Kier molecular flexibility index (Phi) is 6.16. The van der Waals surface area contributed by atoms with Gasteiger partial charge in [0.1, 0.15) is 10.4 Å². The minimum Gasteiger partial charge on any atom is -0.330 e. The Morgan fingerprint density at radius 2 is 2.08 bits per heavy atom. The molecule has 1 unspecified atom stereocenters. The van der Waals surface area contributed by atoms with E-state index in [0.717, 1.165) is 46.8 Å². The highest BCUT2D eigenvalue weighted by atomic mass is 32.1. The summed E-state index contributed by atoms with van der Waals surface area (Å²) in [5, 5.41) is 6.98. The third-order valence-corrected chi connectivity index (χ3v) is 6.08. The van der Waals surface area contributed by atoms with E-state index in [-0.39, 0.29) is 5.56 Å². The first-order valence-electron chi connectivity index (χ1n) is 9.27. The molecule has 0 aliphatic rings. The van der Waals surface area contributed by atoms with Crippen LogP contribution in [-0.4, -0.2) is 11.5 Å². The number of rotatable bonds is 9. The van der Waals surface area contributed by atoms with E-state index < -0.39 is 0 Å². The minimum absolute atomic E-state index is 0.0710. The van der Waals surface area contributed by atoms with Crippen molar-refractivity contribution >= 4 is 38.0 Å². The van der Waals surface area contributed by atoms with Crippen LogP contribution in [0.25, 0.3) is 21.0 Å². The van der Waals surface area contributed by atoms with Crippen LogP contribution in [-0.2, 0) is 6.42 Å². The third kappa shape index (κ3) is 3.86. The second-order valence-corrected chi connectivity index (χ2v) is 7.76. The predicted octanol–water partition coefficient (Wildman–Crippen LogP) is 5.23. The van der Waals surface area contributed by atoms with Crippen molar-refractivity contribution in [3.8, 4) is 0 Å². The number of pyridine rings is 1. The average molecular weight is 372 g/mol. The minimum atomic E-state index is -0.0710. The monoisotopic (exact) mass is 371 g/mol. The van der Waals surface area contributed by atoms with Crippen molar-refractivity contribution in [2.24, 2.45) is 16.8 Å². The maximum Gasteiger partial charge on any atom is 0.266 e. The summed E-state index contributed by atoms with van der Waals surface area (Å²) >= 11 is 1.47. The molecule has 0 amide bonds. The lowest BCUT2D eigenvalue weighted by molar-refractivity contribution is 0.431. The van der Waals surface area contributed by atoms with E-state index in [9.17, 15) is 9.70 Å². The number of benzene rings is 1. The molecule has 0 radical (unpaired) electrons. The van der Waals surface area contributed by atoms with Crippen LogP contribution in [0.4, 0.5) is 5.69 Å². The summed E-state index contributed by atoms with van der Waals surface area (Å²) in [5.41, 5.74) is 8.14. The molecular formula is C20H25N3O2S. The Bertz CT molecular complexity index is 961. The number of nitroso groups, excluding NO2 is 1. The van der Waals surface area contributed by atoms with Gasteiger partial charge < -0.3 is 10.7 Å². The summed E-state index contributed by atoms with van der Waals surface area (Å²) in [4.78, 5) is 26.2. The van der Waals surface area contributed by atoms with Crippen molar-refractivity contribution < 1.29 is 0 Å². The number of nitrogens with two attached hydrogens (primary N) is 1. The largest absolute Gasteiger partial charge is 0.330 e. The number of unbranched alkanes of at least 4 members (excludes halogenated alkanes) is 1. The molecule has 0 fully saturated rings. The number of thiophene rings is 1. The normalized spacial score (nSPS) is 12.7. The number of nitrogens with zero attached hydrogens (tertiary/aromatic N) is 1. The lowest BCUT2D eigenvalue weighted by Gasteiger charge is -2.13. The SMILES string of the molecule is CCCCC(CN)CCCc1csc2c(=O)[nH]c3ccc(N=O)cc3c12. The Morgan fingerprint density at radius 1 is 1.27 bits per heavy atom. The second kappa shape index (κ2) is 8.56. The van der Waals surface area contributed by atoms with Crippen LogP contribution in [0.15, 0.2) is 33.6 Å². The highest BCUT2D eigenvalue weighted by Crippen LogP contribution is 2.33. The molecule has 3 rings (SSSR count). The Labute approximate surface area is 156 Å². The average Bonchev–Trinajstić information content (AvgIpc) is 3.09. The molecule has 1 aromatic carbocycles. The van der Waals surface area contributed by atoms with E-state index >= 15 is 0 Å². The Morgan fingerprint density at radius 3 is 2.81 bits per heavy atom. The van der Waals surface area contributed by atoms with Crippen molar-refractivity contribution in [1.29, 1.82) is 0 Å². The molecule has 0 spiro atoms. The van der Waals surface area contributed by atoms with Gasteiger partial charge in [0.05, 0.1) is 0 Å². The topological polar surface area (TPSA) is 88.3 Å². The first-order chi connectivity index (χ1) is 12.7. The summed E-state index contributed by atoms with van der Waals surface area (Å²) in [6.45, 7) is 2.94. The van der Waals surface area contributed by atoms with Crippen LogP contribution in [0.3, 0.4) is 0 Å². The van der Waals surface area contributed by atoms with Crippen LogP contribution in [0.5, 0.6) is 0 Å². The van der Waals surface area contributed by atoms with Crippen LogP contribution in [0, 0.1) is 10.8 Å². The van der Waals surface area contributed by atoms with Crippen molar-refractivity contribution in [2.45, 2.75) is 45.4 Å². The van der Waals surface area contributed by atoms with Gasteiger partial charge in [0.2, 0.25) is 0 Å². The van der Waals surface area contributed by atoms with Gasteiger partial charge in [0.25, 0.3) is 5.56 Å². The molecule has 6 heteroatoms. The van der Waals surface area contributed by atoms with Crippen LogP contribution < -0.4 is 11.3 Å². The van der Waals surface area contributed by atoms with Gasteiger partial charge in [0, 0.05) is 16.3 Å². The standard InChI is InChI=1S/C20H25N3O2S/c1-2-3-5-13(11-21)6-4-7-14-12-26-19-18(14)16-10-15(23-25)8-9-17(16)22-20(19)24/h8-10,12-13H,2-7,11,21H2,1H3,(H,22,24). The number of aryl methyl sites for hydroxylation is 1. The predicted molar refractivity (Wildman–Crippen MR) is 110 cm³/mol. The summed E-state index contributed by atoms with van der Waals surface area (Å²) in [6, 6.07) is 5.15. The number of aromatic amines is 1. The number of hydrogen-bond acceptors (Lipinski definition) is 5. The van der Waals surface area contributed by atoms with Gasteiger partial charge in [-0.25, -0.2) is 0 Å². The quantitative estimate of drug-likeness (QED) is 0.505. The second-order valence-electron chi connectivity index (χ2n) is 6.88. The van der Waals surface area contributed by atoms with E-state index in [1.165, 1.54) is 36.2 Å². The fourth-order valence-electron chi connectivity index (χ4n) is 3.58. The smallest absolute Gasteiger partial charge is 0.266 e. The molecule has 0 saturated heterocycles. The Balaban J connectivity index is 1.89. The van der Waals surface area contributed by atoms with Crippen molar-refractivity contribution in [3.05, 3.63) is 44.4 Å².